The van der Waals surface area contributed by atoms with Crippen molar-refractivity contribution in [3.05, 3.63) is 75.3 Å². The van der Waals surface area contributed by atoms with Crippen LogP contribution in [0.25, 0.3) is 11.1 Å². The molecule has 3 aromatic rings. The molecule has 2 N–H and O–H groups in total. The first-order valence-electron chi connectivity index (χ1n) is 8.25. The zero-order chi connectivity index (χ0) is 21.0. The SMILES string of the molecule is N#Cc1c(N)nc(SCC(=O)c2ccc(Cl)cc2)c(C#N)c1-c1cccc(Cl)c1. The molecular weight excluding hydrogens is 427 g/mol. The number of hydrogen-bond donors (Lipinski definition) is 1. The average molecular weight is 439 g/mol. The number of nitrogens with zero attached hydrogens (tertiary/aromatic N) is 3. The van der Waals surface area contributed by atoms with Crippen molar-refractivity contribution in [2.75, 3.05) is 11.5 Å². The summed E-state index contributed by atoms with van der Waals surface area (Å²) in [5.41, 5.74) is 7.67. The van der Waals surface area contributed by atoms with E-state index in [2.05, 4.69) is 11.1 Å². The fourth-order valence-electron chi connectivity index (χ4n) is 2.69. The number of benzene rings is 2. The van der Waals surface area contributed by atoms with Crippen LogP contribution in [0.3, 0.4) is 0 Å². The van der Waals surface area contributed by atoms with Gasteiger partial charge in [0.05, 0.1) is 11.3 Å². The lowest BCUT2D eigenvalue weighted by molar-refractivity contribution is 0.102. The number of carbonyl (C=O) groups excluding carboxylic acids is 1. The number of pyridine rings is 1. The molecule has 29 heavy (non-hydrogen) atoms. The molecule has 0 spiro atoms. The van der Waals surface area contributed by atoms with Gasteiger partial charge in [0.1, 0.15) is 28.5 Å². The lowest BCUT2D eigenvalue weighted by atomic mass is 9.97. The van der Waals surface area contributed by atoms with Crippen molar-refractivity contribution in [2.45, 2.75) is 5.03 Å². The average Bonchev–Trinajstić information content (AvgIpc) is 2.71. The predicted octanol–water partition coefficient (Wildman–Crippen LogP) is 5.36. The number of aromatic nitrogens is 1. The zero-order valence-electron chi connectivity index (χ0n) is 14.8. The van der Waals surface area contributed by atoms with Crippen LogP contribution < -0.4 is 5.73 Å². The van der Waals surface area contributed by atoms with E-state index in [1.165, 1.54) is 0 Å². The van der Waals surface area contributed by atoms with Gasteiger partial charge in [-0.05, 0) is 42.0 Å². The maximum Gasteiger partial charge on any atom is 0.173 e. The standard InChI is InChI=1S/C21H12Cl2N4OS/c22-14-6-4-12(5-7-14)18(28)11-29-21-17(10-25)19(16(9-24)20(26)27-21)13-2-1-3-15(23)8-13/h1-8H,11H2,(H2,26,27). The molecule has 0 saturated carbocycles. The summed E-state index contributed by atoms with van der Waals surface area (Å²) >= 11 is 13.0. The molecular formula is C21H12Cl2N4OS. The van der Waals surface area contributed by atoms with Crippen LogP contribution in [0.15, 0.2) is 53.6 Å². The van der Waals surface area contributed by atoms with Gasteiger partial charge in [-0.3, -0.25) is 4.79 Å². The fourth-order valence-corrected chi connectivity index (χ4v) is 3.89. The zero-order valence-corrected chi connectivity index (χ0v) is 17.1. The monoisotopic (exact) mass is 438 g/mol. The van der Waals surface area contributed by atoms with Crippen LogP contribution >= 0.6 is 35.0 Å². The Labute approximate surface area is 181 Å². The number of nitrogen functional groups attached to an aromatic ring is 1. The lowest BCUT2D eigenvalue weighted by Gasteiger charge is -2.13. The van der Waals surface area contributed by atoms with E-state index in [0.717, 1.165) is 11.8 Å². The number of carbonyl (C=O) groups is 1. The fraction of sp³-hybridized carbons (Fsp3) is 0.0476. The van der Waals surface area contributed by atoms with Crippen LogP contribution in [-0.2, 0) is 0 Å². The number of Topliss-reactive ketones (excluding diaryl/α,β-unsaturated/α-hetero) is 1. The quantitative estimate of drug-likeness (QED) is 0.424. The van der Waals surface area contributed by atoms with Crippen molar-refractivity contribution in [1.29, 1.82) is 10.5 Å². The molecule has 0 saturated heterocycles. The molecule has 0 radical (unpaired) electrons. The third kappa shape index (κ3) is 4.52. The highest BCUT2D eigenvalue weighted by Gasteiger charge is 2.21. The molecule has 2 aromatic carbocycles. The van der Waals surface area contributed by atoms with Crippen molar-refractivity contribution in [3.63, 3.8) is 0 Å². The molecule has 142 valence electrons. The number of nitrogens with two attached hydrogens (primary N) is 1. The molecule has 1 aromatic heterocycles. The van der Waals surface area contributed by atoms with Gasteiger partial charge in [0, 0.05) is 21.2 Å². The number of ketones is 1. The molecule has 0 aliphatic rings. The van der Waals surface area contributed by atoms with Crippen LogP contribution in [0.2, 0.25) is 10.0 Å². The highest BCUT2D eigenvalue weighted by atomic mass is 35.5. The summed E-state index contributed by atoms with van der Waals surface area (Å²) in [6, 6.07) is 17.4. The second-order valence-electron chi connectivity index (χ2n) is 5.88. The Balaban J connectivity index is 2.02. The second-order valence-corrected chi connectivity index (χ2v) is 7.72. The largest absolute Gasteiger partial charge is 0.383 e. The van der Waals surface area contributed by atoms with E-state index >= 15 is 0 Å². The lowest BCUT2D eigenvalue weighted by Crippen LogP contribution is -2.06. The van der Waals surface area contributed by atoms with Crippen molar-refractivity contribution in [3.8, 4) is 23.3 Å². The van der Waals surface area contributed by atoms with E-state index in [1.807, 2.05) is 6.07 Å². The van der Waals surface area contributed by atoms with Crippen LogP contribution in [0.5, 0.6) is 0 Å². The number of nitriles is 2. The Hall–Kier alpha value is -3.03. The van der Waals surface area contributed by atoms with Crippen molar-refractivity contribution in [2.24, 2.45) is 0 Å². The first-order valence-corrected chi connectivity index (χ1v) is 10.00. The summed E-state index contributed by atoms with van der Waals surface area (Å²) in [6.45, 7) is 0. The molecule has 0 unspecified atom stereocenters. The maximum atomic E-state index is 12.5. The van der Waals surface area contributed by atoms with Gasteiger partial charge in [0.2, 0.25) is 0 Å². The van der Waals surface area contributed by atoms with Crippen molar-refractivity contribution in [1.82, 2.24) is 4.98 Å². The van der Waals surface area contributed by atoms with E-state index in [4.69, 9.17) is 28.9 Å². The normalized spacial score (nSPS) is 10.2. The van der Waals surface area contributed by atoms with E-state index in [0.29, 0.717) is 26.7 Å². The van der Waals surface area contributed by atoms with Gasteiger partial charge in [0.25, 0.3) is 0 Å². The second kappa shape index (κ2) is 8.98. The number of halogens is 2. The minimum Gasteiger partial charge on any atom is -0.383 e. The van der Waals surface area contributed by atoms with E-state index in [-0.39, 0.29) is 33.5 Å². The Morgan fingerprint density at radius 3 is 2.34 bits per heavy atom. The van der Waals surface area contributed by atoms with Gasteiger partial charge in [-0.2, -0.15) is 10.5 Å². The van der Waals surface area contributed by atoms with Gasteiger partial charge in [-0.1, -0.05) is 47.1 Å². The highest BCUT2D eigenvalue weighted by molar-refractivity contribution is 8.00. The summed E-state index contributed by atoms with van der Waals surface area (Å²) in [4.78, 5) is 16.7. The molecule has 5 nitrogen and oxygen atoms in total. The molecule has 0 atom stereocenters. The number of hydrogen-bond acceptors (Lipinski definition) is 6. The summed E-state index contributed by atoms with van der Waals surface area (Å²) in [7, 11) is 0. The minimum atomic E-state index is -0.149. The molecule has 0 aliphatic carbocycles. The first-order chi connectivity index (χ1) is 13.9. The van der Waals surface area contributed by atoms with Crippen LogP contribution in [0.1, 0.15) is 21.5 Å². The minimum absolute atomic E-state index is 0.0112. The highest BCUT2D eigenvalue weighted by Crippen LogP contribution is 2.36. The smallest absolute Gasteiger partial charge is 0.173 e. The Morgan fingerprint density at radius 2 is 1.72 bits per heavy atom. The molecule has 0 fully saturated rings. The molecule has 0 bridgehead atoms. The summed E-state index contributed by atoms with van der Waals surface area (Å²) in [6.07, 6.45) is 0. The molecule has 3 rings (SSSR count). The number of anilines is 1. The maximum absolute atomic E-state index is 12.5. The Kier molecular flexibility index (Phi) is 6.41. The predicted molar refractivity (Wildman–Crippen MR) is 115 cm³/mol. The van der Waals surface area contributed by atoms with Gasteiger partial charge < -0.3 is 5.73 Å². The summed E-state index contributed by atoms with van der Waals surface area (Å²) < 4.78 is 0. The number of thioether (sulfide) groups is 1. The number of rotatable bonds is 5. The van der Waals surface area contributed by atoms with Gasteiger partial charge >= 0.3 is 0 Å². The Bertz CT molecular complexity index is 1180. The van der Waals surface area contributed by atoms with Crippen LogP contribution in [0, 0.1) is 22.7 Å². The topological polar surface area (TPSA) is 104 Å². The van der Waals surface area contributed by atoms with Gasteiger partial charge in [-0.25, -0.2) is 4.98 Å². The van der Waals surface area contributed by atoms with Crippen LogP contribution in [-0.4, -0.2) is 16.5 Å². The van der Waals surface area contributed by atoms with E-state index in [9.17, 15) is 15.3 Å². The van der Waals surface area contributed by atoms with Crippen molar-refractivity contribution < 1.29 is 4.79 Å². The Morgan fingerprint density at radius 1 is 1.03 bits per heavy atom. The molecule has 0 aliphatic heterocycles. The van der Waals surface area contributed by atoms with E-state index < -0.39 is 0 Å². The third-order valence-electron chi connectivity index (χ3n) is 4.04. The van der Waals surface area contributed by atoms with Gasteiger partial charge in [-0.15, -0.1) is 0 Å². The first kappa shape index (κ1) is 20.7. The summed E-state index contributed by atoms with van der Waals surface area (Å²) in [5, 5.41) is 20.6. The molecule has 1 heterocycles. The van der Waals surface area contributed by atoms with Gasteiger partial charge in [0.15, 0.2) is 5.78 Å². The van der Waals surface area contributed by atoms with Crippen molar-refractivity contribution >= 4 is 46.6 Å². The summed E-state index contributed by atoms with van der Waals surface area (Å²) in [5.74, 6) is -0.114. The van der Waals surface area contributed by atoms with E-state index in [1.54, 1.807) is 48.5 Å². The molecule has 8 heteroatoms. The molecule has 0 amide bonds. The third-order valence-corrected chi connectivity index (χ3v) is 5.50. The van der Waals surface area contributed by atoms with Crippen LogP contribution in [0.4, 0.5) is 5.82 Å².